The Morgan fingerprint density at radius 2 is 2.36 bits per heavy atom. The van der Waals surface area contributed by atoms with Gasteiger partial charge in [0.2, 0.25) is 0 Å². The maximum atomic E-state index is 13.2. The molecule has 2 rings (SSSR count). The molecule has 0 amide bonds. The van der Waals surface area contributed by atoms with Gasteiger partial charge in [-0.15, -0.1) is 0 Å². The van der Waals surface area contributed by atoms with E-state index in [-0.39, 0.29) is 5.82 Å². The molecule has 4 nitrogen and oxygen atoms in total. The fourth-order valence-electron chi connectivity index (χ4n) is 1.13. The first-order valence-electron chi connectivity index (χ1n) is 4.16. The van der Waals surface area contributed by atoms with Gasteiger partial charge in [0.1, 0.15) is 0 Å². The molecule has 0 fully saturated rings. The molecule has 0 bridgehead atoms. The van der Waals surface area contributed by atoms with Crippen LogP contribution in [-0.2, 0) is 6.54 Å². The number of rotatable bonds is 2. The molecule has 0 aliphatic carbocycles. The summed E-state index contributed by atoms with van der Waals surface area (Å²) in [6.45, 7) is 0.383. The molecule has 2 aromatic heterocycles. The first-order valence-corrected chi connectivity index (χ1v) is 4.16. The van der Waals surface area contributed by atoms with Crippen molar-refractivity contribution >= 4 is 0 Å². The van der Waals surface area contributed by atoms with E-state index in [1.54, 1.807) is 12.4 Å². The van der Waals surface area contributed by atoms with Gasteiger partial charge in [-0.2, -0.15) is 5.10 Å². The summed E-state index contributed by atoms with van der Waals surface area (Å²) in [6.07, 6.45) is 4.77. The summed E-state index contributed by atoms with van der Waals surface area (Å²) < 4.78 is 14.6. The standard InChI is InChI=1S/C9H9FN4/c10-8-2-1-3-12-9(8)14-6-7(4-11)5-13-14/h1-3,5-6H,4,11H2. The molecule has 0 aliphatic heterocycles. The van der Waals surface area contributed by atoms with Gasteiger partial charge in [-0.3, -0.25) is 0 Å². The van der Waals surface area contributed by atoms with Crippen LogP contribution in [0.15, 0.2) is 30.7 Å². The highest BCUT2D eigenvalue weighted by Crippen LogP contribution is 2.08. The van der Waals surface area contributed by atoms with Crippen molar-refractivity contribution < 1.29 is 4.39 Å². The van der Waals surface area contributed by atoms with Crippen LogP contribution >= 0.6 is 0 Å². The fraction of sp³-hybridized carbons (Fsp3) is 0.111. The second-order valence-electron chi connectivity index (χ2n) is 2.81. The first-order chi connectivity index (χ1) is 6.81. The Labute approximate surface area is 80.2 Å². The molecule has 0 radical (unpaired) electrons. The van der Waals surface area contributed by atoms with Crippen molar-refractivity contribution in [2.75, 3.05) is 0 Å². The highest BCUT2D eigenvalue weighted by atomic mass is 19.1. The molecule has 0 unspecified atom stereocenters. The van der Waals surface area contributed by atoms with Gasteiger partial charge < -0.3 is 5.73 Å². The van der Waals surface area contributed by atoms with E-state index >= 15 is 0 Å². The smallest absolute Gasteiger partial charge is 0.189 e. The van der Waals surface area contributed by atoms with Crippen LogP contribution < -0.4 is 5.73 Å². The van der Waals surface area contributed by atoms with Gasteiger partial charge in [-0.05, 0) is 12.1 Å². The zero-order chi connectivity index (χ0) is 9.97. The van der Waals surface area contributed by atoms with Gasteiger partial charge in [0, 0.05) is 24.5 Å². The number of hydrogen-bond donors (Lipinski definition) is 1. The first kappa shape index (κ1) is 8.83. The van der Waals surface area contributed by atoms with Crippen LogP contribution in [0, 0.1) is 5.82 Å². The van der Waals surface area contributed by atoms with Crippen LogP contribution in [0.4, 0.5) is 4.39 Å². The minimum absolute atomic E-state index is 0.187. The molecule has 0 aromatic carbocycles. The zero-order valence-corrected chi connectivity index (χ0v) is 7.39. The Hall–Kier alpha value is -1.75. The number of hydrogen-bond acceptors (Lipinski definition) is 3. The summed E-state index contributed by atoms with van der Waals surface area (Å²) in [4.78, 5) is 3.88. The van der Waals surface area contributed by atoms with Crippen molar-refractivity contribution in [2.45, 2.75) is 6.54 Å². The van der Waals surface area contributed by atoms with E-state index in [0.29, 0.717) is 6.54 Å². The molecule has 2 N–H and O–H groups in total. The Morgan fingerprint density at radius 3 is 3.00 bits per heavy atom. The SMILES string of the molecule is NCc1cnn(-c2ncccc2F)c1. The van der Waals surface area contributed by atoms with Crippen molar-refractivity contribution in [3.05, 3.63) is 42.1 Å². The molecular formula is C9H9FN4. The molecule has 0 saturated heterocycles. The summed E-state index contributed by atoms with van der Waals surface area (Å²) in [5.74, 6) is -0.216. The number of aromatic nitrogens is 3. The van der Waals surface area contributed by atoms with Gasteiger partial charge in [0.25, 0.3) is 0 Å². The fourth-order valence-corrected chi connectivity index (χ4v) is 1.13. The van der Waals surface area contributed by atoms with Crippen LogP contribution in [0.25, 0.3) is 5.82 Å². The summed E-state index contributed by atoms with van der Waals surface area (Å²) in [5, 5.41) is 3.95. The third kappa shape index (κ3) is 1.49. The van der Waals surface area contributed by atoms with Crippen LogP contribution in [0.5, 0.6) is 0 Å². The highest BCUT2D eigenvalue weighted by Gasteiger charge is 2.05. The minimum atomic E-state index is -0.404. The van der Waals surface area contributed by atoms with E-state index in [4.69, 9.17) is 5.73 Å². The van der Waals surface area contributed by atoms with E-state index in [9.17, 15) is 4.39 Å². The van der Waals surface area contributed by atoms with Crippen molar-refractivity contribution in [3.63, 3.8) is 0 Å². The lowest BCUT2D eigenvalue weighted by molar-refractivity contribution is 0.600. The van der Waals surface area contributed by atoms with Crippen LogP contribution in [0.2, 0.25) is 0 Å². The lowest BCUT2D eigenvalue weighted by Crippen LogP contribution is -2.01. The molecule has 0 aliphatic rings. The summed E-state index contributed by atoms with van der Waals surface area (Å²) >= 11 is 0. The third-order valence-corrected chi connectivity index (χ3v) is 1.83. The minimum Gasteiger partial charge on any atom is -0.326 e. The summed E-state index contributed by atoms with van der Waals surface area (Å²) in [5.41, 5.74) is 6.25. The molecule has 72 valence electrons. The largest absolute Gasteiger partial charge is 0.326 e. The molecule has 14 heavy (non-hydrogen) atoms. The van der Waals surface area contributed by atoms with Crippen LogP contribution in [0.1, 0.15) is 5.56 Å². The molecule has 2 heterocycles. The Bertz CT molecular complexity index is 438. The second-order valence-corrected chi connectivity index (χ2v) is 2.81. The topological polar surface area (TPSA) is 56.7 Å². The lowest BCUT2D eigenvalue weighted by Gasteiger charge is -1.99. The van der Waals surface area contributed by atoms with Crippen molar-refractivity contribution in [1.29, 1.82) is 0 Å². The number of pyridine rings is 1. The van der Waals surface area contributed by atoms with Gasteiger partial charge in [0.15, 0.2) is 11.6 Å². The molecule has 0 atom stereocenters. The normalized spacial score (nSPS) is 10.4. The monoisotopic (exact) mass is 192 g/mol. The molecular weight excluding hydrogens is 183 g/mol. The van der Waals surface area contributed by atoms with Gasteiger partial charge in [-0.1, -0.05) is 0 Å². The lowest BCUT2D eigenvalue weighted by atomic mass is 10.4. The van der Waals surface area contributed by atoms with E-state index < -0.39 is 5.82 Å². The molecule has 0 saturated carbocycles. The van der Waals surface area contributed by atoms with Crippen molar-refractivity contribution in [3.8, 4) is 5.82 Å². The Morgan fingerprint density at radius 1 is 1.50 bits per heavy atom. The van der Waals surface area contributed by atoms with E-state index in [2.05, 4.69) is 10.1 Å². The Balaban J connectivity index is 2.44. The number of nitrogens with zero attached hydrogens (tertiary/aromatic N) is 3. The average Bonchev–Trinajstić information content (AvgIpc) is 2.67. The Kier molecular flexibility index (Phi) is 2.24. The van der Waals surface area contributed by atoms with Crippen LogP contribution in [0.3, 0.4) is 0 Å². The highest BCUT2D eigenvalue weighted by molar-refractivity contribution is 5.24. The van der Waals surface area contributed by atoms with Crippen molar-refractivity contribution in [2.24, 2.45) is 5.73 Å². The quantitative estimate of drug-likeness (QED) is 0.767. The van der Waals surface area contributed by atoms with Gasteiger partial charge in [-0.25, -0.2) is 14.1 Å². The van der Waals surface area contributed by atoms with Gasteiger partial charge >= 0.3 is 0 Å². The maximum absolute atomic E-state index is 13.2. The number of halogens is 1. The molecule has 0 spiro atoms. The average molecular weight is 192 g/mol. The zero-order valence-electron chi connectivity index (χ0n) is 7.39. The summed E-state index contributed by atoms with van der Waals surface area (Å²) in [7, 11) is 0. The summed E-state index contributed by atoms with van der Waals surface area (Å²) in [6, 6.07) is 2.87. The number of nitrogens with two attached hydrogens (primary N) is 1. The van der Waals surface area contributed by atoms with E-state index in [1.165, 1.54) is 23.0 Å². The second kappa shape index (κ2) is 3.55. The third-order valence-electron chi connectivity index (χ3n) is 1.83. The predicted molar refractivity (Wildman–Crippen MR) is 49.2 cm³/mol. The van der Waals surface area contributed by atoms with E-state index in [1.807, 2.05) is 0 Å². The van der Waals surface area contributed by atoms with Crippen LogP contribution in [-0.4, -0.2) is 14.8 Å². The molecule has 5 heteroatoms. The van der Waals surface area contributed by atoms with E-state index in [0.717, 1.165) is 5.56 Å². The molecule has 2 aromatic rings. The van der Waals surface area contributed by atoms with Gasteiger partial charge in [0.05, 0.1) is 6.20 Å². The maximum Gasteiger partial charge on any atom is 0.189 e. The van der Waals surface area contributed by atoms with Crippen molar-refractivity contribution in [1.82, 2.24) is 14.8 Å². The predicted octanol–water partition coefficient (Wildman–Crippen LogP) is 0.865.